The Hall–Kier alpha value is -3.11. The zero-order chi connectivity index (χ0) is 21.5. The first kappa shape index (κ1) is 20.2. The molecule has 1 aliphatic carbocycles. The van der Waals surface area contributed by atoms with E-state index in [9.17, 15) is 22.7 Å². The highest BCUT2D eigenvalue weighted by Crippen LogP contribution is 2.41. The van der Waals surface area contributed by atoms with Gasteiger partial charge in [0.1, 0.15) is 10.7 Å². The molecule has 0 radical (unpaired) electrons. The van der Waals surface area contributed by atoms with Crippen molar-refractivity contribution in [3.05, 3.63) is 69.5 Å². The first-order valence-electron chi connectivity index (χ1n) is 8.89. The number of carbonyl (C=O) groups is 1. The van der Waals surface area contributed by atoms with E-state index in [2.05, 4.69) is 15.3 Å². The summed E-state index contributed by atoms with van der Waals surface area (Å²) in [6.45, 7) is 1.60. The molecular weight excluding hydrogens is 429 g/mol. The van der Waals surface area contributed by atoms with Gasteiger partial charge in [0.25, 0.3) is 0 Å². The minimum absolute atomic E-state index is 0.0693. The second kappa shape index (κ2) is 7.62. The van der Waals surface area contributed by atoms with Crippen molar-refractivity contribution in [2.45, 2.75) is 24.7 Å². The number of sulfone groups is 1. The lowest BCUT2D eigenvalue weighted by atomic mass is 9.94. The molecule has 2 aromatic rings. The average molecular weight is 445 g/mol. The lowest BCUT2D eigenvalue weighted by molar-refractivity contribution is -0.136. The van der Waals surface area contributed by atoms with Crippen LogP contribution in [-0.4, -0.2) is 30.2 Å². The van der Waals surface area contributed by atoms with Gasteiger partial charge in [0, 0.05) is 35.0 Å². The van der Waals surface area contributed by atoms with E-state index < -0.39 is 33.0 Å². The van der Waals surface area contributed by atoms with Gasteiger partial charge in [-0.15, -0.1) is 11.3 Å². The molecule has 0 saturated carbocycles. The number of halogens is 1. The molecule has 2 heterocycles. The van der Waals surface area contributed by atoms with E-state index in [1.54, 1.807) is 30.6 Å². The van der Waals surface area contributed by atoms with Crippen molar-refractivity contribution in [1.29, 1.82) is 0 Å². The van der Waals surface area contributed by atoms with Gasteiger partial charge in [-0.05, 0) is 42.8 Å². The predicted octanol–water partition coefficient (Wildman–Crippen LogP) is 4.37. The molecule has 7 nitrogen and oxygen atoms in total. The van der Waals surface area contributed by atoms with Crippen molar-refractivity contribution >= 4 is 43.7 Å². The maximum atomic E-state index is 14.8. The molecular formula is C20H16FN3O4S2. The number of anilines is 2. The average Bonchev–Trinajstić information content (AvgIpc) is 3.30. The minimum Gasteiger partial charge on any atom is -0.481 e. The number of allylic oxidation sites excluding steroid dienone is 4. The Kier molecular flexibility index (Phi) is 5.12. The molecule has 30 heavy (non-hydrogen) atoms. The number of carboxylic acid groups (broad SMARTS) is 1. The van der Waals surface area contributed by atoms with E-state index in [4.69, 9.17) is 0 Å². The third kappa shape index (κ3) is 3.59. The summed E-state index contributed by atoms with van der Waals surface area (Å²) in [5, 5.41) is 14.7. The van der Waals surface area contributed by atoms with Crippen molar-refractivity contribution in [2.75, 3.05) is 5.32 Å². The molecule has 4 rings (SSSR count). The zero-order valence-electron chi connectivity index (χ0n) is 15.7. The van der Waals surface area contributed by atoms with Crippen molar-refractivity contribution in [3.8, 4) is 0 Å². The molecule has 2 N–H and O–H groups in total. The van der Waals surface area contributed by atoms with Gasteiger partial charge < -0.3 is 10.4 Å². The number of aliphatic imine (C=N–C) groups is 1. The van der Waals surface area contributed by atoms with Gasteiger partial charge in [-0.3, -0.25) is 9.79 Å². The smallest absolute Gasteiger partial charge is 0.307 e. The number of nitrogens with one attached hydrogen (secondary N) is 1. The Labute approximate surface area is 175 Å². The maximum absolute atomic E-state index is 14.8. The van der Waals surface area contributed by atoms with Crippen LogP contribution in [0, 0.1) is 0 Å². The Morgan fingerprint density at radius 3 is 2.67 bits per heavy atom. The quantitative estimate of drug-likeness (QED) is 0.683. The lowest BCUT2D eigenvalue weighted by Crippen LogP contribution is -2.17. The van der Waals surface area contributed by atoms with E-state index in [0.717, 1.165) is 6.08 Å². The number of hydrogen-bond donors (Lipinski definition) is 2. The van der Waals surface area contributed by atoms with Crippen LogP contribution in [0.25, 0.3) is 0 Å². The number of hydrogen-bond acceptors (Lipinski definition) is 7. The highest BCUT2D eigenvalue weighted by Gasteiger charge is 2.37. The second-order valence-corrected chi connectivity index (χ2v) is 9.42. The number of nitrogens with zero attached hydrogens (tertiary/aromatic N) is 2. The Balaban J connectivity index is 1.76. The number of thiazole rings is 1. The lowest BCUT2D eigenvalue weighted by Gasteiger charge is -2.18. The van der Waals surface area contributed by atoms with Crippen LogP contribution >= 0.6 is 11.3 Å². The molecule has 0 amide bonds. The number of rotatable bonds is 6. The molecule has 10 heteroatoms. The first-order valence-corrected chi connectivity index (χ1v) is 11.3. The van der Waals surface area contributed by atoms with Crippen LogP contribution in [0.3, 0.4) is 0 Å². The molecule has 1 aromatic carbocycles. The zero-order valence-corrected chi connectivity index (χ0v) is 17.3. The molecule has 1 aromatic heterocycles. The third-order valence-electron chi connectivity index (χ3n) is 4.69. The minimum atomic E-state index is -4.25. The van der Waals surface area contributed by atoms with Gasteiger partial charge in [0.2, 0.25) is 9.84 Å². The van der Waals surface area contributed by atoms with Gasteiger partial charge in [0.15, 0.2) is 5.13 Å². The van der Waals surface area contributed by atoms with Gasteiger partial charge >= 0.3 is 5.97 Å². The maximum Gasteiger partial charge on any atom is 0.307 e. The second-order valence-electron chi connectivity index (χ2n) is 6.64. The molecule has 1 aliphatic heterocycles. The highest BCUT2D eigenvalue weighted by molar-refractivity contribution is 7.95. The molecule has 0 saturated heterocycles. The summed E-state index contributed by atoms with van der Waals surface area (Å²) in [5.74, 6) is -2.04. The highest BCUT2D eigenvalue weighted by atomic mass is 32.2. The number of aliphatic carboxylic acids is 1. The summed E-state index contributed by atoms with van der Waals surface area (Å²) < 4.78 is 41.4. The topological polar surface area (TPSA) is 109 Å². The molecule has 0 bridgehead atoms. The fourth-order valence-electron chi connectivity index (χ4n) is 3.37. The molecule has 2 aliphatic rings. The van der Waals surface area contributed by atoms with Crippen LogP contribution in [-0.2, 0) is 14.6 Å². The van der Waals surface area contributed by atoms with Crippen LogP contribution in [0.5, 0.6) is 0 Å². The molecule has 154 valence electrons. The Morgan fingerprint density at radius 1 is 1.30 bits per heavy atom. The van der Waals surface area contributed by atoms with E-state index in [-0.39, 0.29) is 22.5 Å². The molecule has 0 spiro atoms. The summed E-state index contributed by atoms with van der Waals surface area (Å²) >= 11 is 1.39. The van der Waals surface area contributed by atoms with E-state index in [1.807, 2.05) is 0 Å². The van der Waals surface area contributed by atoms with Crippen LogP contribution in [0.15, 0.2) is 79.4 Å². The van der Waals surface area contributed by atoms with Crippen molar-refractivity contribution < 1.29 is 22.7 Å². The normalized spacial score (nSPS) is 16.3. The summed E-state index contributed by atoms with van der Waals surface area (Å²) in [4.78, 5) is 19.0. The fraction of sp³-hybridized carbons (Fsp3) is 0.150. The summed E-state index contributed by atoms with van der Waals surface area (Å²) in [7, 11) is -4.25. The van der Waals surface area contributed by atoms with Crippen LogP contribution in [0.4, 0.5) is 15.2 Å². The number of fused-ring (bicyclic) bond motifs is 1. The van der Waals surface area contributed by atoms with Gasteiger partial charge in [-0.1, -0.05) is 0 Å². The summed E-state index contributed by atoms with van der Waals surface area (Å²) in [5.41, 5.74) is 1.68. The van der Waals surface area contributed by atoms with Crippen molar-refractivity contribution in [2.24, 2.45) is 4.99 Å². The van der Waals surface area contributed by atoms with Gasteiger partial charge in [-0.2, -0.15) is 0 Å². The first-order chi connectivity index (χ1) is 14.3. The van der Waals surface area contributed by atoms with Gasteiger partial charge in [0.05, 0.1) is 17.0 Å². The third-order valence-corrected chi connectivity index (χ3v) is 7.21. The van der Waals surface area contributed by atoms with Crippen LogP contribution < -0.4 is 5.32 Å². The Morgan fingerprint density at radius 2 is 2.03 bits per heavy atom. The Bertz CT molecular complexity index is 1260. The van der Waals surface area contributed by atoms with E-state index >= 15 is 0 Å². The monoisotopic (exact) mass is 445 g/mol. The predicted molar refractivity (Wildman–Crippen MR) is 112 cm³/mol. The van der Waals surface area contributed by atoms with Crippen molar-refractivity contribution in [3.63, 3.8) is 0 Å². The molecule has 0 fully saturated rings. The van der Waals surface area contributed by atoms with E-state index in [1.165, 1.54) is 23.5 Å². The summed E-state index contributed by atoms with van der Waals surface area (Å²) in [6.07, 6.45) is 2.47. The van der Waals surface area contributed by atoms with Crippen molar-refractivity contribution in [1.82, 2.24) is 4.98 Å². The largest absolute Gasteiger partial charge is 0.481 e. The SMILES string of the molecule is CC1=C(CC(=O)O)C2=C(S(=O)(=O)c3ccc(Nc4nccs4)cc3)C(F)=CCC2=N1. The standard InChI is InChI=1S/C20H16FN3O4S2/c1-11-14(10-17(25)26)18-16(23-11)7-6-15(21)19(18)30(27,28)13-4-2-12(3-5-13)24-20-22-8-9-29-20/h2-6,8-9H,7,10H2,1H3,(H,22,24)(H,25,26). The number of benzene rings is 1. The van der Waals surface area contributed by atoms with Crippen LogP contribution in [0.1, 0.15) is 19.8 Å². The number of carboxylic acids is 1. The van der Waals surface area contributed by atoms with E-state index in [0.29, 0.717) is 22.2 Å². The molecule has 0 unspecified atom stereocenters. The summed E-state index contributed by atoms with van der Waals surface area (Å²) in [6, 6.07) is 5.87. The fourth-order valence-corrected chi connectivity index (χ4v) is 5.50. The van der Waals surface area contributed by atoms with Crippen LogP contribution in [0.2, 0.25) is 0 Å². The molecule has 0 atom stereocenters. The van der Waals surface area contributed by atoms with Gasteiger partial charge in [-0.25, -0.2) is 17.8 Å². The number of aromatic nitrogens is 1.